The summed E-state index contributed by atoms with van der Waals surface area (Å²) in [6, 6.07) is 22.1. The number of rotatable bonds is 5. The average molecular weight is 443 g/mol. The van der Waals surface area contributed by atoms with E-state index in [4.69, 9.17) is 5.73 Å². The highest BCUT2D eigenvalue weighted by Crippen LogP contribution is 2.38. The third-order valence-electron chi connectivity index (χ3n) is 6.51. The fraction of sp³-hybridized carbons (Fsp3) is 0.296. The van der Waals surface area contributed by atoms with Crippen molar-refractivity contribution in [1.82, 2.24) is 14.8 Å². The van der Waals surface area contributed by atoms with Crippen LogP contribution in [0, 0.1) is 5.41 Å². The topological polar surface area (TPSA) is 79.5 Å². The van der Waals surface area contributed by atoms with Crippen molar-refractivity contribution in [2.75, 3.05) is 32.9 Å². The summed E-state index contributed by atoms with van der Waals surface area (Å²) in [6.07, 6.45) is 3.42. The van der Waals surface area contributed by atoms with Gasteiger partial charge >= 0.3 is 0 Å². The standard InChI is InChI=1S/C27H30N4O2/c1-30(2)26(33)27(19-20-8-6-11-22(18-20)21-9-4-3-5-10-21)13-16-31(17-14-27)25(32)23-12-7-15-29-24(23)28/h3-12,15,18H,13-14,16-17,19H2,1-2H3,(H2,28,29). The largest absolute Gasteiger partial charge is 0.383 e. The van der Waals surface area contributed by atoms with Gasteiger partial charge in [0, 0.05) is 33.4 Å². The molecule has 170 valence electrons. The number of carbonyl (C=O) groups is 2. The third-order valence-corrected chi connectivity index (χ3v) is 6.51. The van der Waals surface area contributed by atoms with Crippen LogP contribution in [0.15, 0.2) is 72.9 Å². The molecule has 1 aromatic heterocycles. The van der Waals surface area contributed by atoms with Gasteiger partial charge in [0.15, 0.2) is 0 Å². The Hall–Kier alpha value is -3.67. The molecule has 0 radical (unpaired) electrons. The lowest BCUT2D eigenvalue weighted by Crippen LogP contribution is -2.51. The maximum Gasteiger partial charge on any atom is 0.257 e. The summed E-state index contributed by atoms with van der Waals surface area (Å²) in [6.45, 7) is 1.01. The zero-order valence-electron chi connectivity index (χ0n) is 19.2. The van der Waals surface area contributed by atoms with E-state index in [9.17, 15) is 9.59 Å². The smallest absolute Gasteiger partial charge is 0.257 e. The molecule has 2 heterocycles. The van der Waals surface area contributed by atoms with Gasteiger partial charge in [-0.2, -0.15) is 0 Å². The third kappa shape index (κ3) is 4.75. The van der Waals surface area contributed by atoms with Crippen molar-refractivity contribution in [3.63, 3.8) is 0 Å². The molecular formula is C27H30N4O2. The van der Waals surface area contributed by atoms with E-state index in [0.717, 1.165) is 16.7 Å². The number of nitrogen functional groups attached to an aromatic ring is 1. The van der Waals surface area contributed by atoms with Gasteiger partial charge in [-0.1, -0.05) is 54.6 Å². The predicted molar refractivity (Wildman–Crippen MR) is 130 cm³/mol. The molecule has 0 bridgehead atoms. The number of piperidine rings is 1. The number of benzene rings is 2. The van der Waals surface area contributed by atoms with Gasteiger partial charge in [-0.25, -0.2) is 4.98 Å². The van der Waals surface area contributed by atoms with Crippen molar-refractivity contribution in [2.24, 2.45) is 5.41 Å². The molecule has 2 N–H and O–H groups in total. The van der Waals surface area contributed by atoms with E-state index in [1.807, 2.05) is 18.2 Å². The second-order valence-electron chi connectivity index (χ2n) is 8.95. The highest BCUT2D eigenvalue weighted by molar-refractivity contribution is 5.98. The second kappa shape index (κ2) is 9.45. The van der Waals surface area contributed by atoms with Gasteiger partial charge in [0.05, 0.1) is 11.0 Å². The first kappa shape index (κ1) is 22.5. The Morgan fingerprint density at radius 2 is 1.67 bits per heavy atom. The number of hydrogen-bond acceptors (Lipinski definition) is 4. The second-order valence-corrected chi connectivity index (χ2v) is 8.95. The molecule has 0 spiro atoms. The number of amides is 2. The highest BCUT2D eigenvalue weighted by atomic mass is 16.2. The van der Waals surface area contributed by atoms with Crippen LogP contribution in [0.5, 0.6) is 0 Å². The lowest BCUT2D eigenvalue weighted by molar-refractivity contribution is -0.142. The lowest BCUT2D eigenvalue weighted by Gasteiger charge is -2.42. The fourth-order valence-electron chi connectivity index (χ4n) is 4.73. The number of nitrogens with two attached hydrogens (primary N) is 1. The Morgan fingerprint density at radius 1 is 0.970 bits per heavy atom. The maximum atomic E-state index is 13.4. The van der Waals surface area contributed by atoms with E-state index >= 15 is 0 Å². The molecule has 6 heteroatoms. The summed E-state index contributed by atoms with van der Waals surface area (Å²) < 4.78 is 0. The molecule has 2 amide bonds. The zero-order valence-corrected chi connectivity index (χ0v) is 19.2. The Balaban J connectivity index is 1.56. The summed E-state index contributed by atoms with van der Waals surface area (Å²) in [5, 5.41) is 0. The van der Waals surface area contributed by atoms with Crippen LogP contribution in [0.4, 0.5) is 5.82 Å². The zero-order chi connectivity index (χ0) is 23.4. The predicted octanol–water partition coefficient (Wildman–Crippen LogP) is 3.88. The van der Waals surface area contributed by atoms with Crippen molar-refractivity contribution in [2.45, 2.75) is 19.3 Å². The van der Waals surface area contributed by atoms with Crippen LogP contribution in [0.1, 0.15) is 28.8 Å². The average Bonchev–Trinajstić information content (AvgIpc) is 2.84. The monoisotopic (exact) mass is 442 g/mol. The molecule has 1 fully saturated rings. The van der Waals surface area contributed by atoms with Gasteiger partial charge in [0.2, 0.25) is 5.91 Å². The van der Waals surface area contributed by atoms with E-state index in [-0.39, 0.29) is 17.6 Å². The van der Waals surface area contributed by atoms with Gasteiger partial charge < -0.3 is 15.5 Å². The number of carbonyl (C=O) groups excluding carboxylic acids is 2. The molecular weight excluding hydrogens is 412 g/mol. The number of hydrogen-bond donors (Lipinski definition) is 1. The van der Waals surface area contributed by atoms with Crippen molar-refractivity contribution >= 4 is 17.6 Å². The number of likely N-dealkylation sites (tertiary alicyclic amines) is 1. The molecule has 0 unspecified atom stereocenters. The van der Waals surface area contributed by atoms with Crippen LogP contribution in [0.25, 0.3) is 11.1 Å². The molecule has 1 aliphatic rings. The number of anilines is 1. The summed E-state index contributed by atoms with van der Waals surface area (Å²) in [5.41, 5.74) is 9.21. The molecule has 0 atom stereocenters. The van der Waals surface area contributed by atoms with Crippen LogP contribution in [-0.4, -0.2) is 53.8 Å². The van der Waals surface area contributed by atoms with E-state index < -0.39 is 5.41 Å². The van der Waals surface area contributed by atoms with Gasteiger partial charge in [0.1, 0.15) is 5.82 Å². The Bertz CT molecular complexity index is 1140. The van der Waals surface area contributed by atoms with Crippen LogP contribution < -0.4 is 5.73 Å². The van der Waals surface area contributed by atoms with E-state index in [1.165, 1.54) is 0 Å². The van der Waals surface area contributed by atoms with Gasteiger partial charge in [0.25, 0.3) is 5.91 Å². The maximum absolute atomic E-state index is 13.4. The van der Waals surface area contributed by atoms with E-state index in [0.29, 0.717) is 37.9 Å². The van der Waals surface area contributed by atoms with Crippen molar-refractivity contribution in [3.8, 4) is 11.1 Å². The minimum atomic E-state index is -0.546. The number of aromatic nitrogens is 1. The van der Waals surface area contributed by atoms with Crippen LogP contribution in [0.3, 0.4) is 0 Å². The molecule has 6 nitrogen and oxygen atoms in total. The first-order valence-electron chi connectivity index (χ1n) is 11.3. The van der Waals surface area contributed by atoms with Crippen LogP contribution in [-0.2, 0) is 11.2 Å². The highest BCUT2D eigenvalue weighted by Gasteiger charge is 2.43. The summed E-state index contributed by atoms with van der Waals surface area (Å²) in [5.74, 6) is 0.222. The molecule has 4 rings (SSSR count). The normalized spacial score (nSPS) is 15.2. The molecule has 3 aromatic rings. The van der Waals surface area contributed by atoms with Crippen molar-refractivity contribution < 1.29 is 9.59 Å². The van der Waals surface area contributed by atoms with Crippen molar-refractivity contribution in [3.05, 3.63) is 84.1 Å². The minimum absolute atomic E-state index is 0.112. The van der Waals surface area contributed by atoms with E-state index in [1.54, 1.807) is 42.2 Å². The Labute approximate surface area is 195 Å². The Morgan fingerprint density at radius 3 is 2.33 bits per heavy atom. The Kier molecular flexibility index (Phi) is 6.45. The van der Waals surface area contributed by atoms with Crippen LogP contribution in [0.2, 0.25) is 0 Å². The van der Waals surface area contributed by atoms with E-state index in [2.05, 4.69) is 41.4 Å². The first-order chi connectivity index (χ1) is 15.9. The molecule has 2 aromatic carbocycles. The lowest BCUT2D eigenvalue weighted by atomic mass is 9.72. The van der Waals surface area contributed by atoms with Gasteiger partial charge in [-0.05, 0) is 48.1 Å². The molecule has 0 saturated carbocycles. The fourth-order valence-corrected chi connectivity index (χ4v) is 4.73. The molecule has 1 saturated heterocycles. The molecule has 33 heavy (non-hydrogen) atoms. The number of pyridine rings is 1. The summed E-state index contributed by atoms with van der Waals surface area (Å²) >= 11 is 0. The van der Waals surface area contributed by atoms with Gasteiger partial charge in [-0.15, -0.1) is 0 Å². The quantitative estimate of drug-likeness (QED) is 0.650. The van der Waals surface area contributed by atoms with Gasteiger partial charge in [-0.3, -0.25) is 9.59 Å². The van der Waals surface area contributed by atoms with Crippen LogP contribution >= 0.6 is 0 Å². The summed E-state index contributed by atoms with van der Waals surface area (Å²) in [7, 11) is 3.61. The van der Waals surface area contributed by atoms with Crippen molar-refractivity contribution in [1.29, 1.82) is 0 Å². The first-order valence-corrected chi connectivity index (χ1v) is 11.3. The molecule has 0 aliphatic carbocycles. The minimum Gasteiger partial charge on any atom is -0.383 e. The molecule has 1 aliphatic heterocycles. The number of nitrogens with zero attached hydrogens (tertiary/aromatic N) is 3. The summed E-state index contributed by atoms with van der Waals surface area (Å²) in [4.78, 5) is 33.9. The SMILES string of the molecule is CN(C)C(=O)C1(Cc2cccc(-c3ccccc3)c2)CCN(C(=O)c2cccnc2N)CC1.